The Morgan fingerprint density at radius 2 is 2.00 bits per heavy atom. The van der Waals surface area contributed by atoms with Gasteiger partial charge in [0.25, 0.3) is 5.91 Å². The summed E-state index contributed by atoms with van der Waals surface area (Å²) in [5, 5.41) is 12.6. The first-order valence-electron chi connectivity index (χ1n) is 7.84. The lowest BCUT2D eigenvalue weighted by molar-refractivity contribution is 0.103. The lowest BCUT2D eigenvalue weighted by Crippen LogP contribution is -2.11. The molecule has 3 rings (SSSR count). The van der Waals surface area contributed by atoms with Crippen molar-refractivity contribution in [1.82, 2.24) is 19.7 Å². The highest BCUT2D eigenvalue weighted by Gasteiger charge is 2.17. The topological polar surface area (TPSA) is 72.7 Å². The number of anilines is 1. The zero-order chi connectivity index (χ0) is 18.0. The van der Waals surface area contributed by atoms with Crippen LogP contribution in [0, 0.1) is 6.92 Å². The minimum atomic E-state index is -0.115. The van der Waals surface area contributed by atoms with Crippen LogP contribution in [0.15, 0.2) is 40.6 Å². The number of amides is 1. The second-order valence-electron chi connectivity index (χ2n) is 5.93. The molecule has 2 heterocycles. The molecule has 25 heavy (non-hydrogen) atoms. The van der Waals surface area contributed by atoms with Crippen LogP contribution in [0.1, 0.15) is 40.1 Å². The molecule has 0 atom stereocenters. The quantitative estimate of drug-likeness (QED) is 0.729. The first-order chi connectivity index (χ1) is 11.9. The van der Waals surface area contributed by atoms with Crippen molar-refractivity contribution in [3.05, 3.63) is 46.2 Å². The van der Waals surface area contributed by atoms with Gasteiger partial charge in [0.2, 0.25) is 0 Å². The van der Waals surface area contributed by atoms with Gasteiger partial charge in [-0.1, -0.05) is 13.8 Å². The van der Waals surface area contributed by atoms with E-state index < -0.39 is 0 Å². The van der Waals surface area contributed by atoms with Gasteiger partial charge >= 0.3 is 0 Å². The number of benzene rings is 1. The van der Waals surface area contributed by atoms with E-state index >= 15 is 0 Å². The molecule has 0 radical (unpaired) electrons. The van der Waals surface area contributed by atoms with E-state index in [1.807, 2.05) is 42.8 Å². The maximum Gasteiger partial charge on any atom is 0.267 e. The number of carbonyl (C=O) groups excluding carboxylic acids is 1. The van der Waals surface area contributed by atoms with E-state index in [-0.39, 0.29) is 5.91 Å². The van der Waals surface area contributed by atoms with Crippen LogP contribution in [0.25, 0.3) is 0 Å². The molecule has 0 aliphatic carbocycles. The standard InChI is InChI=1S/C17H19N5OS2/c1-10(2)16-19-11(3)14(25-16)15(23)20-12-5-7-13(8-6-12)24-17-21-18-9-22(17)4/h5-10H,1-4H3,(H,20,23). The smallest absolute Gasteiger partial charge is 0.267 e. The third-order valence-corrected chi connectivity index (χ3v) is 6.02. The van der Waals surface area contributed by atoms with Gasteiger partial charge in [0, 0.05) is 23.5 Å². The third-order valence-electron chi connectivity index (χ3n) is 3.50. The van der Waals surface area contributed by atoms with Crippen LogP contribution in [0.3, 0.4) is 0 Å². The average molecular weight is 374 g/mol. The maximum absolute atomic E-state index is 12.5. The van der Waals surface area contributed by atoms with E-state index in [2.05, 4.69) is 34.3 Å². The van der Waals surface area contributed by atoms with E-state index in [0.29, 0.717) is 10.8 Å². The van der Waals surface area contributed by atoms with Gasteiger partial charge < -0.3 is 9.88 Å². The lowest BCUT2D eigenvalue weighted by Gasteiger charge is -2.05. The number of aryl methyl sites for hydroxylation is 2. The van der Waals surface area contributed by atoms with Crippen molar-refractivity contribution in [1.29, 1.82) is 0 Å². The van der Waals surface area contributed by atoms with Gasteiger partial charge in [-0.15, -0.1) is 21.5 Å². The molecule has 0 fully saturated rings. The van der Waals surface area contributed by atoms with Crippen LogP contribution < -0.4 is 5.32 Å². The predicted molar refractivity (Wildman–Crippen MR) is 100 cm³/mol. The van der Waals surface area contributed by atoms with Crippen LogP contribution in [0.2, 0.25) is 0 Å². The maximum atomic E-state index is 12.5. The molecule has 0 saturated heterocycles. The zero-order valence-corrected chi connectivity index (χ0v) is 16.1. The summed E-state index contributed by atoms with van der Waals surface area (Å²) in [5.74, 6) is 0.206. The number of hydrogen-bond acceptors (Lipinski definition) is 6. The van der Waals surface area contributed by atoms with Gasteiger partial charge in [0.15, 0.2) is 5.16 Å². The minimum absolute atomic E-state index is 0.115. The van der Waals surface area contributed by atoms with Gasteiger partial charge in [-0.05, 0) is 43.0 Å². The number of hydrogen-bond donors (Lipinski definition) is 1. The van der Waals surface area contributed by atoms with Gasteiger partial charge in [0.05, 0.1) is 10.7 Å². The molecular weight excluding hydrogens is 354 g/mol. The van der Waals surface area contributed by atoms with Crippen LogP contribution in [-0.2, 0) is 7.05 Å². The largest absolute Gasteiger partial charge is 0.321 e. The Morgan fingerprint density at radius 1 is 1.28 bits per heavy atom. The number of rotatable bonds is 5. The molecule has 0 bridgehead atoms. The first-order valence-corrected chi connectivity index (χ1v) is 9.48. The van der Waals surface area contributed by atoms with Gasteiger partial charge in [-0.3, -0.25) is 4.79 Å². The number of aromatic nitrogens is 4. The summed E-state index contributed by atoms with van der Waals surface area (Å²) in [6.07, 6.45) is 1.67. The van der Waals surface area contributed by atoms with E-state index in [9.17, 15) is 4.79 Å². The van der Waals surface area contributed by atoms with Crippen LogP contribution in [0.4, 0.5) is 5.69 Å². The molecule has 130 valence electrons. The molecule has 1 amide bonds. The summed E-state index contributed by atoms with van der Waals surface area (Å²) in [5.41, 5.74) is 1.53. The highest BCUT2D eigenvalue weighted by molar-refractivity contribution is 7.99. The fourth-order valence-corrected chi connectivity index (χ4v) is 3.87. The molecular formula is C17H19N5OS2. The van der Waals surface area contributed by atoms with E-state index in [1.54, 1.807) is 6.33 Å². The monoisotopic (exact) mass is 373 g/mol. The Kier molecular flexibility index (Phi) is 5.19. The number of carbonyl (C=O) groups is 1. The first kappa shape index (κ1) is 17.6. The zero-order valence-electron chi connectivity index (χ0n) is 14.5. The normalized spacial score (nSPS) is 11.1. The van der Waals surface area contributed by atoms with Gasteiger partial charge in [-0.2, -0.15) is 0 Å². The Labute approximate surface area is 154 Å². The van der Waals surface area contributed by atoms with Gasteiger partial charge in [-0.25, -0.2) is 4.98 Å². The number of thiazole rings is 1. The number of nitrogens with zero attached hydrogens (tertiary/aromatic N) is 4. The average Bonchev–Trinajstić information content (AvgIpc) is 3.15. The molecule has 0 unspecified atom stereocenters. The second-order valence-corrected chi connectivity index (χ2v) is 8.00. The Morgan fingerprint density at radius 3 is 2.56 bits per heavy atom. The highest BCUT2D eigenvalue weighted by Crippen LogP contribution is 2.28. The molecule has 6 nitrogen and oxygen atoms in total. The molecule has 2 aromatic heterocycles. The van der Waals surface area contributed by atoms with Gasteiger partial charge in [0.1, 0.15) is 11.2 Å². The summed E-state index contributed by atoms with van der Waals surface area (Å²) in [7, 11) is 1.90. The van der Waals surface area contributed by atoms with Crippen LogP contribution in [0.5, 0.6) is 0 Å². The molecule has 0 aliphatic rings. The molecule has 8 heteroatoms. The Balaban J connectivity index is 1.69. The molecule has 1 aromatic carbocycles. The van der Waals surface area contributed by atoms with E-state index in [4.69, 9.17) is 0 Å². The van der Waals surface area contributed by atoms with Crippen LogP contribution >= 0.6 is 23.1 Å². The van der Waals surface area contributed by atoms with Crippen molar-refractivity contribution in [3.8, 4) is 0 Å². The molecule has 0 spiro atoms. The summed E-state index contributed by atoms with van der Waals surface area (Å²) < 4.78 is 1.86. The van der Waals surface area contributed by atoms with Crippen LogP contribution in [-0.4, -0.2) is 25.7 Å². The van der Waals surface area contributed by atoms with Crippen molar-refractivity contribution in [2.45, 2.75) is 36.7 Å². The fourth-order valence-electron chi connectivity index (χ4n) is 2.14. The highest BCUT2D eigenvalue weighted by atomic mass is 32.2. The van der Waals surface area contributed by atoms with Crippen molar-refractivity contribution >= 4 is 34.7 Å². The van der Waals surface area contributed by atoms with Crippen molar-refractivity contribution in [2.75, 3.05) is 5.32 Å². The SMILES string of the molecule is Cc1nc(C(C)C)sc1C(=O)Nc1ccc(Sc2nncn2C)cc1. The van der Waals surface area contributed by atoms with E-state index in [1.165, 1.54) is 23.1 Å². The summed E-state index contributed by atoms with van der Waals surface area (Å²) in [6, 6.07) is 7.68. The molecule has 0 saturated carbocycles. The summed E-state index contributed by atoms with van der Waals surface area (Å²) in [4.78, 5) is 18.7. The fraction of sp³-hybridized carbons (Fsp3) is 0.294. The summed E-state index contributed by atoms with van der Waals surface area (Å²) in [6.45, 7) is 6.03. The summed E-state index contributed by atoms with van der Waals surface area (Å²) >= 11 is 2.98. The molecule has 0 aliphatic heterocycles. The van der Waals surface area contributed by atoms with E-state index in [0.717, 1.165) is 26.4 Å². The predicted octanol–water partition coefficient (Wildman–Crippen LogP) is 4.11. The molecule has 3 aromatic rings. The van der Waals surface area contributed by atoms with Crippen molar-refractivity contribution in [2.24, 2.45) is 7.05 Å². The van der Waals surface area contributed by atoms with Crippen molar-refractivity contribution < 1.29 is 4.79 Å². The third kappa shape index (κ3) is 4.08. The Bertz CT molecular complexity index is 883. The Hall–Kier alpha value is -2.19. The molecule has 1 N–H and O–H groups in total. The number of nitrogens with one attached hydrogen (secondary N) is 1. The van der Waals surface area contributed by atoms with Crippen molar-refractivity contribution in [3.63, 3.8) is 0 Å². The minimum Gasteiger partial charge on any atom is -0.321 e. The second kappa shape index (κ2) is 7.37. The lowest BCUT2D eigenvalue weighted by atomic mass is 10.2.